The molecular formula is C20H24N6O2. The van der Waals surface area contributed by atoms with Crippen LogP contribution in [-0.2, 0) is 11.3 Å². The first-order valence-corrected chi connectivity index (χ1v) is 9.52. The average Bonchev–Trinajstić information content (AvgIpc) is 3.11. The van der Waals surface area contributed by atoms with Crippen LogP contribution in [0.1, 0.15) is 24.2 Å². The summed E-state index contributed by atoms with van der Waals surface area (Å²) in [7, 11) is 0. The van der Waals surface area contributed by atoms with Crippen LogP contribution in [-0.4, -0.2) is 57.5 Å². The molecule has 1 saturated heterocycles. The Morgan fingerprint density at radius 1 is 1.18 bits per heavy atom. The third kappa shape index (κ3) is 3.82. The Labute approximate surface area is 163 Å². The molecule has 1 fully saturated rings. The molecule has 1 amide bonds. The largest absolute Gasteiger partial charge is 0.372 e. The molecular weight excluding hydrogens is 356 g/mol. The van der Waals surface area contributed by atoms with E-state index in [1.54, 1.807) is 29.3 Å². The van der Waals surface area contributed by atoms with E-state index in [2.05, 4.69) is 39.1 Å². The van der Waals surface area contributed by atoms with Crippen LogP contribution >= 0.6 is 0 Å². The number of hydrogen-bond donors (Lipinski definition) is 1. The van der Waals surface area contributed by atoms with Crippen molar-refractivity contribution < 1.29 is 9.53 Å². The van der Waals surface area contributed by atoms with Gasteiger partial charge in [0, 0.05) is 25.2 Å². The van der Waals surface area contributed by atoms with Crippen LogP contribution in [0.3, 0.4) is 0 Å². The lowest BCUT2D eigenvalue weighted by molar-refractivity contribution is -0.00537. The first kappa shape index (κ1) is 18.4. The van der Waals surface area contributed by atoms with Crippen LogP contribution in [0, 0.1) is 0 Å². The Hall–Kier alpha value is -3.00. The summed E-state index contributed by atoms with van der Waals surface area (Å²) in [5.74, 6) is 0.787. The summed E-state index contributed by atoms with van der Waals surface area (Å²) in [6.07, 6.45) is 3.67. The third-order valence-corrected chi connectivity index (χ3v) is 4.78. The van der Waals surface area contributed by atoms with Crippen LogP contribution in [0.25, 0.3) is 11.0 Å². The number of ether oxygens (including phenoxy) is 1. The number of amides is 1. The maximum absolute atomic E-state index is 12.2. The fourth-order valence-electron chi connectivity index (χ4n) is 3.61. The van der Waals surface area contributed by atoms with Gasteiger partial charge >= 0.3 is 0 Å². The normalized spacial score (nSPS) is 19.7. The highest BCUT2D eigenvalue weighted by Crippen LogP contribution is 2.25. The van der Waals surface area contributed by atoms with Gasteiger partial charge in [-0.05, 0) is 26.0 Å². The molecule has 0 bridgehead atoms. The maximum Gasteiger partial charge on any atom is 0.251 e. The van der Waals surface area contributed by atoms with Crippen molar-refractivity contribution in [2.24, 2.45) is 0 Å². The van der Waals surface area contributed by atoms with E-state index in [1.807, 2.05) is 18.2 Å². The quantitative estimate of drug-likeness (QED) is 0.727. The Kier molecular flexibility index (Phi) is 5.21. The van der Waals surface area contributed by atoms with Gasteiger partial charge in [-0.15, -0.1) is 0 Å². The molecule has 146 valence electrons. The summed E-state index contributed by atoms with van der Waals surface area (Å²) < 4.78 is 7.63. The molecule has 1 aromatic carbocycles. The van der Waals surface area contributed by atoms with Gasteiger partial charge < -0.3 is 15.0 Å². The molecule has 1 N–H and O–H groups in total. The molecule has 2 aromatic heterocycles. The van der Waals surface area contributed by atoms with E-state index >= 15 is 0 Å². The van der Waals surface area contributed by atoms with Crippen molar-refractivity contribution in [1.29, 1.82) is 0 Å². The molecule has 0 spiro atoms. The molecule has 2 unspecified atom stereocenters. The summed E-state index contributed by atoms with van der Waals surface area (Å²) in [6.45, 7) is 6.72. The SMILES string of the molecule is CC1CN(c2ncnc3c2cnn3CCNC(=O)c2ccccc2)CC(C)O1. The molecule has 3 aromatic rings. The predicted octanol–water partition coefficient (Wildman–Crippen LogP) is 1.87. The molecule has 8 heteroatoms. The minimum absolute atomic E-state index is 0.0938. The third-order valence-electron chi connectivity index (χ3n) is 4.78. The minimum atomic E-state index is -0.0938. The summed E-state index contributed by atoms with van der Waals surface area (Å²) >= 11 is 0. The molecule has 3 heterocycles. The highest BCUT2D eigenvalue weighted by Gasteiger charge is 2.25. The smallest absolute Gasteiger partial charge is 0.251 e. The first-order valence-electron chi connectivity index (χ1n) is 9.52. The van der Waals surface area contributed by atoms with Crippen molar-refractivity contribution in [1.82, 2.24) is 25.1 Å². The van der Waals surface area contributed by atoms with Crippen LogP contribution in [0.4, 0.5) is 5.82 Å². The summed E-state index contributed by atoms with van der Waals surface area (Å²) in [5, 5.41) is 8.30. The number of nitrogens with one attached hydrogen (secondary N) is 1. The van der Waals surface area contributed by atoms with Crippen LogP contribution in [0.5, 0.6) is 0 Å². The molecule has 28 heavy (non-hydrogen) atoms. The standard InChI is InChI=1S/C20H24N6O2/c1-14-11-25(12-15(2)28-14)18-17-10-24-26(19(17)23-13-22-18)9-8-21-20(27)16-6-4-3-5-7-16/h3-7,10,13-15H,8-9,11-12H2,1-2H3,(H,21,27). The molecule has 1 aliphatic rings. The zero-order chi connectivity index (χ0) is 19.5. The van der Waals surface area contributed by atoms with Crippen molar-refractivity contribution in [3.8, 4) is 0 Å². The molecule has 0 saturated carbocycles. The molecule has 0 aliphatic carbocycles. The van der Waals surface area contributed by atoms with Crippen molar-refractivity contribution in [2.75, 3.05) is 24.5 Å². The van der Waals surface area contributed by atoms with Crippen molar-refractivity contribution in [3.05, 3.63) is 48.4 Å². The van der Waals surface area contributed by atoms with Crippen LogP contribution in [0.15, 0.2) is 42.9 Å². The van der Waals surface area contributed by atoms with Crippen molar-refractivity contribution in [2.45, 2.75) is 32.6 Å². The van der Waals surface area contributed by atoms with Gasteiger partial charge in [-0.1, -0.05) is 18.2 Å². The van der Waals surface area contributed by atoms with E-state index in [1.165, 1.54) is 0 Å². The Bertz CT molecular complexity index is 948. The van der Waals surface area contributed by atoms with Crippen molar-refractivity contribution >= 4 is 22.8 Å². The maximum atomic E-state index is 12.2. The van der Waals surface area contributed by atoms with E-state index in [9.17, 15) is 4.79 Å². The summed E-state index contributed by atoms with van der Waals surface area (Å²) in [5.41, 5.74) is 1.42. The highest BCUT2D eigenvalue weighted by molar-refractivity contribution is 5.94. The summed E-state index contributed by atoms with van der Waals surface area (Å²) in [4.78, 5) is 23.3. The minimum Gasteiger partial charge on any atom is -0.372 e. The van der Waals surface area contributed by atoms with E-state index in [-0.39, 0.29) is 18.1 Å². The van der Waals surface area contributed by atoms with Crippen LogP contribution in [0.2, 0.25) is 0 Å². The van der Waals surface area contributed by atoms with Gasteiger partial charge in [-0.2, -0.15) is 5.10 Å². The Balaban J connectivity index is 1.47. The lowest BCUT2D eigenvalue weighted by atomic mass is 10.2. The first-order chi connectivity index (χ1) is 13.6. The van der Waals surface area contributed by atoms with Gasteiger partial charge in [0.2, 0.25) is 0 Å². The van der Waals surface area contributed by atoms with Gasteiger partial charge in [0.1, 0.15) is 12.1 Å². The zero-order valence-corrected chi connectivity index (χ0v) is 16.1. The number of rotatable bonds is 5. The average molecular weight is 380 g/mol. The topological polar surface area (TPSA) is 85.2 Å². The zero-order valence-electron chi connectivity index (χ0n) is 16.1. The van der Waals surface area contributed by atoms with E-state index in [0.717, 1.165) is 29.9 Å². The predicted molar refractivity (Wildman–Crippen MR) is 106 cm³/mol. The van der Waals surface area contributed by atoms with E-state index in [0.29, 0.717) is 18.7 Å². The van der Waals surface area contributed by atoms with Crippen molar-refractivity contribution in [3.63, 3.8) is 0 Å². The number of fused-ring (bicyclic) bond motifs is 1. The number of anilines is 1. The number of morpholine rings is 1. The summed E-state index contributed by atoms with van der Waals surface area (Å²) in [6, 6.07) is 9.17. The van der Waals surface area contributed by atoms with Gasteiger partial charge in [0.05, 0.1) is 30.3 Å². The molecule has 8 nitrogen and oxygen atoms in total. The van der Waals surface area contributed by atoms with Gasteiger partial charge in [0.15, 0.2) is 5.65 Å². The number of hydrogen-bond acceptors (Lipinski definition) is 6. The number of benzene rings is 1. The van der Waals surface area contributed by atoms with Gasteiger partial charge in [0.25, 0.3) is 5.91 Å². The lowest BCUT2D eigenvalue weighted by Crippen LogP contribution is -2.45. The molecule has 2 atom stereocenters. The van der Waals surface area contributed by atoms with E-state index < -0.39 is 0 Å². The van der Waals surface area contributed by atoms with Gasteiger partial charge in [-0.3, -0.25) is 4.79 Å². The second kappa shape index (κ2) is 7.93. The second-order valence-corrected chi connectivity index (χ2v) is 7.09. The second-order valence-electron chi connectivity index (χ2n) is 7.09. The molecule has 0 radical (unpaired) electrons. The fraction of sp³-hybridized carbons (Fsp3) is 0.400. The Morgan fingerprint density at radius 3 is 2.68 bits per heavy atom. The molecule has 4 rings (SSSR count). The monoisotopic (exact) mass is 380 g/mol. The lowest BCUT2D eigenvalue weighted by Gasteiger charge is -2.36. The van der Waals surface area contributed by atoms with Gasteiger partial charge in [-0.25, -0.2) is 14.6 Å². The molecule has 1 aliphatic heterocycles. The Morgan fingerprint density at radius 2 is 1.93 bits per heavy atom. The van der Waals surface area contributed by atoms with E-state index in [4.69, 9.17) is 4.74 Å². The van der Waals surface area contributed by atoms with Crippen LogP contribution < -0.4 is 10.2 Å². The fourth-order valence-corrected chi connectivity index (χ4v) is 3.61. The highest BCUT2D eigenvalue weighted by atomic mass is 16.5. The number of carbonyl (C=O) groups is 1. The number of aromatic nitrogens is 4. The number of carbonyl (C=O) groups excluding carboxylic acids is 1. The number of nitrogens with zero attached hydrogens (tertiary/aromatic N) is 5.